The Morgan fingerprint density at radius 1 is 1.18 bits per heavy atom. The van der Waals surface area contributed by atoms with Gasteiger partial charge in [-0.25, -0.2) is 0 Å². The molecule has 3 rings (SSSR count). The zero-order valence-corrected chi connectivity index (χ0v) is 9.72. The number of fused-ring (bicyclic) bond motifs is 1. The molecule has 2 aliphatic rings. The summed E-state index contributed by atoms with van der Waals surface area (Å²) in [6.07, 6.45) is 1.70. The molecule has 0 aromatic heterocycles. The van der Waals surface area contributed by atoms with Crippen molar-refractivity contribution in [2.45, 2.75) is 31.0 Å². The number of hydrogen-bond acceptors (Lipinski definition) is 3. The minimum Gasteiger partial charge on any atom is -0.372 e. The maximum Gasteiger partial charge on any atom is 0.135 e. The van der Waals surface area contributed by atoms with Gasteiger partial charge in [-0.2, -0.15) is 0 Å². The molecule has 1 aromatic carbocycles. The number of rotatable bonds is 1. The van der Waals surface area contributed by atoms with Crippen LogP contribution in [-0.2, 0) is 19.9 Å². The number of hydrogen-bond donors (Lipinski definition) is 0. The second-order valence-corrected chi connectivity index (χ2v) is 4.71. The van der Waals surface area contributed by atoms with Gasteiger partial charge in [0.25, 0.3) is 0 Å². The smallest absolute Gasteiger partial charge is 0.135 e. The lowest BCUT2D eigenvalue weighted by Gasteiger charge is -2.46. The minimum atomic E-state index is -0.395. The lowest BCUT2D eigenvalue weighted by molar-refractivity contribution is -0.222. The van der Waals surface area contributed by atoms with E-state index in [1.165, 1.54) is 0 Å². The summed E-state index contributed by atoms with van der Waals surface area (Å²) in [5.41, 5.74) is 0.741. The van der Waals surface area contributed by atoms with Crippen LogP contribution >= 0.6 is 0 Å². The van der Waals surface area contributed by atoms with Crippen LogP contribution in [0.3, 0.4) is 0 Å². The van der Waals surface area contributed by atoms with E-state index >= 15 is 0 Å². The van der Waals surface area contributed by atoms with Crippen molar-refractivity contribution in [3.63, 3.8) is 0 Å². The van der Waals surface area contributed by atoms with Gasteiger partial charge in [0.15, 0.2) is 0 Å². The van der Waals surface area contributed by atoms with Gasteiger partial charge in [-0.05, 0) is 12.0 Å². The van der Waals surface area contributed by atoms with E-state index in [1.807, 2.05) is 18.2 Å². The second kappa shape index (κ2) is 4.24. The summed E-state index contributed by atoms with van der Waals surface area (Å²) in [7, 11) is 0. The fraction of sp³-hybridized carbons (Fsp3) is 0.500. The van der Waals surface area contributed by atoms with Crippen molar-refractivity contribution in [3.8, 4) is 0 Å². The first-order valence-electron chi connectivity index (χ1n) is 6.14. The van der Waals surface area contributed by atoms with Gasteiger partial charge in [0, 0.05) is 12.8 Å². The van der Waals surface area contributed by atoms with Crippen LogP contribution < -0.4 is 0 Å². The Morgan fingerprint density at radius 3 is 2.82 bits per heavy atom. The van der Waals surface area contributed by atoms with Crippen LogP contribution in [0, 0.1) is 0 Å². The Hall–Kier alpha value is -1.19. The van der Waals surface area contributed by atoms with Crippen LogP contribution in [0.25, 0.3) is 0 Å². The van der Waals surface area contributed by atoms with Crippen molar-refractivity contribution in [2.24, 2.45) is 0 Å². The number of carbonyl (C=O) groups excluding carboxylic acids is 1. The highest BCUT2D eigenvalue weighted by Crippen LogP contribution is 2.42. The van der Waals surface area contributed by atoms with Gasteiger partial charge in [-0.3, -0.25) is 4.79 Å². The molecule has 3 nitrogen and oxygen atoms in total. The summed E-state index contributed by atoms with van der Waals surface area (Å²) < 4.78 is 11.8. The molecule has 17 heavy (non-hydrogen) atoms. The molecule has 0 spiro atoms. The topological polar surface area (TPSA) is 35.5 Å². The standard InChI is InChI=1S/C14H16O3/c15-12-6-7-14(11-4-2-1-3-5-11)13(10-12)16-8-9-17-14/h1-5,13H,6-10H2/t13-,14-/m0/s1. The third-order valence-electron chi connectivity index (χ3n) is 3.73. The summed E-state index contributed by atoms with van der Waals surface area (Å²) in [6.45, 7) is 1.20. The second-order valence-electron chi connectivity index (χ2n) is 4.71. The molecule has 1 aliphatic heterocycles. The van der Waals surface area contributed by atoms with Crippen molar-refractivity contribution in [3.05, 3.63) is 35.9 Å². The van der Waals surface area contributed by atoms with Crippen LogP contribution in [0.4, 0.5) is 0 Å². The minimum absolute atomic E-state index is 0.111. The van der Waals surface area contributed by atoms with Crippen LogP contribution in [0.1, 0.15) is 24.8 Å². The van der Waals surface area contributed by atoms with E-state index < -0.39 is 5.60 Å². The van der Waals surface area contributed by atoms with Gasteiger partial charge >= 0.3 is 0 Å². The molecule has 1 aliphatic carbocycles. The Labute approximate surface area is 101 Å². The summed E-state index contributed by atoms with van der Waals surface area (Å²) in [6, 6.07) is 10.1. The van der Waals surface area contributed by atoms with Crippen molar-refractivity contribution >= 4 is 5.78 Å². The van der Waals surface area contributed by atoms with Crippen molar-refractivity contribution in [1.29, 1.82) is 0 Å². The zero-order valence-electron chi connectivity index (χ0n) is 9.72. The average Bonchev–Trinajstić information content (AvgIpc) is 2.40. The molecular formula is C14H16O3. The molecule has 2 atom stereocenters. The van der Waals surface area contributed by atoms with E-state index in [0.717, 1.165) is 12.0 Å². The predicted molar refractivity (Wildman–Crippen MR) is 62.7 cm³/mol. The Balaban J connectivity index is 1.99. The maximum absolute atomic E-state index is 11.6. The molecule has 1 heterocycles. The first-order valence-corrected chi connectivity index (χ1v) is 6.14. The van der Waals surface area contributed by atoms with Crippen LogP contribution in [-0.4, -0.2) is 25.1 Å². The largest absolute Gasteiger partial charge is 0.372 e. The van der Waals surface area contributed by atoms with Crippen LogP contribution in [0.2, 0.25) is 0 Å². The molecule has 90 valence electrons. The number of benzene rings is 1. The van der Waals surface area contributed by atoms with Gasteiger partial charge in [0.1, 0.15) is 11.4 Å². The number of Topliss-reactive ketones (excluding diaryl/α,β-unsaturated/α-hetero) is 1. The fourth-order valence-electron chi connectivity index (χ4n) is 2.87. The van der Waals surface area contributed by atoms with Crippen LogP contribution in [0.15, 0.2) is 30.3 Å². The van der Waals surface area contributed by atoms with Gasteiger partial charge in [0.05, 0.1) is 19.3 Å². The molecule has 0 bridgehead atoms. The number of carbonyl (C=O) groups is 1. The zero-order chi connectivity index (χ0) is 11.7. The van der Waals surface area contributed by atoms with E-state index in [4.69, 9.17) is 9.47 Å². The highest BCUT2D eigenvalue weighted by atomic mass is 16.6. The third-order valence-corrected chi connectivity index (χ3v) is 3.73. The first kappa shape index (κ1) is 10.9. The average molecular weight is 232 g/mol. The molecule has 1 aromatic rings. The summed E-state index contributed by atoms with van der Waals surface area (Å²) >= 11 is 0. The van der Waals surface area contributed by atoms with Gasteiger partial charge < -0.3 is 9.47 Å². The van der Waals surface area contributed by atoms with Crippen molar-refractivity contribution in [1.82, 2.24) is 0 Å². The Kier molecular flexibility index (Phi) is 2.73. The van der Waals surface area contributed by atoms with Crippen molar-refractivity contribution < 1.29 is 14.3 Å². The first-order chi connectivity index (χ1) is 8.31. The fourth-order valence-corrected chi connectivity index (χ4v) is 2.87. The van der Waals surface area contributed by atoms with E-state index in [1.54, 1.807) is 0 Å². The monoisotopic (exact) mass is 232 g/mol. The van der Waals surface area contributed by atoms with E-state index in [9.17, 15) is 4.79 Å². The Bertz CT molecular complexity index is 415. The molecule has 0 amide bonds. The molecule has 1 saturated carbocycles. The van der Waals surface area contributed by atoms with E-state index in [-0.39, 0.29) is 11.9 Å². The molecule has 0 unspecified atom stereocenters. The lowest BCUT2D eigenvalue weighted by Crippen LogP contribution is -2.52. The van der Waals surface area contributed by atoms with Gasteiger partial charge in [0.2, 0.25) is 0 Å². The highest BCUT2D eigenvalue weighted by molar-refractivity contribution is 5.80. The molecular weight excluding hydrogens is 216 g/mol. The third kappa shape index (κ3) is 1.79. The summed E-state index contributed by atoms with van der Waals surface area (Å²) in [5.74, 6) is 0.284. The van der Waals surface area contributed by atoms with Crippen molar-refractivity contribution in [2.75, 3.05) is 13.2 Å². The lowest BCUT2D eigenvalue weighted by atomic mass is 9.76. The molecule has 3 heteroatoms. The summed E-state index contributed by atoms with van der Waals surface area (Å²) in [4.78, 5) is 11.6. The molecule has 2 fully saturated rings. The molecule has 1 saturated heterocycles. The molecule has 0 radical (unpaired) electrons. The molecule has 0 N–H and O–H groups in total. The maximum atomic E-state index is 11.6. The van der Waals surface area contributed by atoms with Gasteiger partial charge in [-0.1, -0.05) is 30.3 Å². The van der Waals surface area contributed by atoms with E-state index in [2.05, 4.69) is 12.1 Å². The Morgan fingerprint density at radius 2 is 2.00 bits per heavy atom. The van der Waals surface area contributed by atoms with Gasteiger partial charge in [-0.15, -0.1) is 0 Å². The SMILES string of the molecule is O=C1CC[C@@]2(c3ccccc3)OCCO[C@H]2C1. The van der Waals surface area contributed by atoms with E-state index in [0.29, 0.717) is 26.1 Å². The van der Waals surface area contributed by atoms with Crippen LogP contribution in [0.5, 0.6) is 0 Å². The number of ether oxygens (including phenoxy) is 2. The number of ketones is 1. The quantitative estimate of drug-likeness (QED) is 0.743. The normalized spacial score (nSPS) is 33.2. The summed E-state index contributed by atoms with van der Waals surface area (Å²) in [5, 5.41) is 0. The predicted octanol–water partition coefficient (Wildman–Crippen LogP) is 2.05. The highest BCUT2D eigenvalue weighted by Gasteiger charge is 2.48.